The van der Waals surface area contributed by atoms with Gasteiger partial charge in [0, 0.05) is 47.3 Å². The predicted octanol–water partition coefficient (Wildman–Crippen LogP) is 2.59. The Morgan fingerprint density at radius 1 is 0.723 bits per heavy atom. The predicted molar refractivity (Wildman–Crippen MR) is 171 cm³/mol. The van der Waals surface area contributed by atoms with E-state index in [-0.39, 0.29) is 25.7 Å². The first-order valence-electron chi connectivity index (χ1n) is 17.0. The first-order valence-corrected chi connectivity index (χ1v) is 17.0. The average Bonchev–Trinajstić information content (AvgIpc) is 3.00. The van der Waals surface area contributed by atoms with Gasteiger partial charge >= 0.3 is 17.9 Å². The van der Waals surface area contributed by atoms with E-state index in [0.29, 0.717) is 13.0 Å². The molecule has 0 unspecified atom stereocenters. The summed E-state index contributed by atoms with van der Waals surface area (Å²) in [7, 11) is 0. The standard InChI is InChI=1S/C33H58N2O12/c1-23(37)35-30-32(46-26(4)40)31(45-25(3)39)28(22-44-24(2)38)47-33(30)43-19-17-15-13-11-9-7-5-6-8-10-12-14-16-18-29(42)34-20-27(41)21-36/h27-28,30-33,36,41H,5-22H2,1-4H3,(H,34,42)(H,35,37)/t27-,28+,30+,31-,32+,33+/m0/s1. The molecule has 0 saturated carbocycles. The average molecular weight is 675 g/mol. The molecule has 1 fully saturated rings. The summed E-state index contributed by atoms with van der Waals surface area (Å²) in [5.41, 5.74) is 0. The van der Waals surface area contributed by atoms with Crippen molar-refractivity contribution in [2.24, 2.45) is 0 Å². The van der Waals surface area contributed by atoms with Crippen molar-refractivity contribution in [1.82, 2.24) is 10.6 Å². The van der Waals surface area contributed by atoms with Crippen LogP contribution >= 0.6 is 0 Å². The molecule has 4 N–H and O–H groups in total. The van der Waals surface area contributed by atoms with Gasteiger partial charge in [-0.15, -0.1) is 0 Å². The Labute approximate surface area is 278 Å². The van der Waals surface area contributed by atoms with Crippen LogP contribution in [0, 0.1) is 0 Å². The molecule has 272 valence electrons. The lowest BCUT2D eigenvalue weighted by Crippen LogP contribution is -2.66. The lowest BCUT2D eigenvalue weighted by molar-refractivity contribution is -0.277. The largest absolute Gasteiger partial charge is 0.463 e. The smallest absolute Gasteiger partial charge is 0.303 e. The molecule has 6 atom stereocenters. The summed E-state index contributed by atoms with van der Waals surface area (Å²) in [6.45, 7) is 4.72. The van der Waals surface area contributed by atoms with E-state index in [0.717, 1.165) is 57.8 Å². The molecule has 0 aromatic rings. The number of rotatable bonds is 25. The lowest BCUT2D eigenvalue weighted by atomic mass is 9.96. The van der Waals surface area contributed by atoms with Crippen molar-refractivity contribution in [1.29, 1.82) is 0 Å². The second-order valence-electron chi connectivity index (χ2n) is 12.1. The summed E-state index contributed by atoms with van der Waals surface area (Å²) in [6.07, 6.45) is 9.18. The van der Waals surface area contributed by atoms with Crippen molar-refractivity contribution in [3.63, 3.8) is 0 Å². The molecule has 1 saturated heterocycles. The zero-order chi connectivity index (χ0) is 35.0. The van der Waals surface area contributed by atoms with Crippen molar-refractivity contribution < 1.29 is 57.9 Å². The number of aliphatic hydroxyl groups is 2. The van der Waals surface area contributed by atoms with Crippen LogP contribution in [0.2, 0.25) is 0 Å². The molecule has 47 heavy (non-hydrogen) atoms. The van der Waals surface area contributed by atoms with E-state index in [1.807, 2.05) is 0 Å². The highest BCUT2D eigenvalue weighted by molar-refractivity contribution is 5.75. The SMILES string of the molecule is CC(=O)N[C@H]1[C@H](OCCCCCCCCCCCCCCCC(=O)NC[C@H](O)CO)O[C@H](COC(C)=O)[C@H](OC(C)=O)[C@@H]1OC(C)=O. The van der Waals surface area contributed by atoms with Gasteiger partial charge in [0.05, 0.1) is 12.7 Å². The maximum Gasteiger partial charge on any atom is 0.303 e. The van der Waals surface area contributed by atoms with Gasteiger partial charge in [-0.1, -0.05) is 70.6 Å². The third-order valence-corrected chi connectivity index (χ3v) is 7.65. The van der Waals surface area contributed by atoms with Crippen LogP contribution in [0.1, 0.15) is 118 Å². The fraction of sp³-hybridized carbons (Fsp3) is 0.848. The summed E-state index contributed by atoms with van der Waals surface area (Å²) in [5.74, 6) is -2.38. The molecule has 0 aliphatic carbocycles. The number of carbonyl (C=O) groups is 5. The van der Waals surface area contributed by atoms with Gasteiger partial charge in [0.15, 0.2) is 18.5 Å². The molecule has 1 aliphatic rings. The Bertz CT molecular complexity index is 933. The Morgan fingerprint density at radius 2 is 1.23 bits per heavy atom. The van der Waals surface area contributed by atoms with E-state index in [2.05, 4.69) is 10.6 Å². The maximum absolute atomic E-state index is 12.0. The number of nitrogens with one attached hydrogen (secondary N) is 2. The lowest BCUT2D eigenvalue weighted by Gasteiger charge is -2.44. The van der Waals surface area contributed by atoms with Crippen LogP contribution in [-0.2, 0) is 47.7 Å². The summed E-state index contributed by atoms with van der Waals surface area (Å²) in [6, 6.07) is -0.959. The summed E-state index contributed by atoms with van der Waals surface area (Å²) >= 11 is 0. The van der Waals surface area contributed by atoms with Crippen molar-refractivity contribution in [2.45, 2.75) is 154 Å². The molecule has 1 heterocycles. The van der Waals surface area contributed by atoms with Gasteiger partial charge in [-0.25, -0.2) is 0 Å². The fourth-order valence-electron chi connectivity index (χ4n) is 5.35. The third kappa shape index (κ3) is 20.2. The molecule has 0 spiro atoms. The van der Waals surface area contributed by atoms with Gasteiger partial charge in [0.2, 0.25) is 11.8 Å². The monoisotopic (exact) mass is 674 g/mol. The molecule has 0 radical (unpaired) electrons. The van der Waals surface area contributed by atoms with Gasteiger partial charge in [0.25, 0.3) is 0 Å². The minimum atomic E-state index is -1.14. The van der Waals surface area contributed by atoms with Crippen LogP contribution in [0.3, 0.4) is 0 Å². The minimum absolute atomic E-state index is 0.0879. The minimum Gasteiger partial charge on any atom is -0.463 e. The molecule has 0 aromatic carbocycles. The molecule has 14 heteroatoms. The van der Waals surface area contributed by atoms with E-state index < -0.39 is 60.6 Å². The number of carbonyl (C=O) groups excluding carboxylic acids is 5. The van der Waals surface area contributed by atoms with Gasteiger partial charge in [-0.05, 0) is 12.8 Å². The van der Waals surface area contributed by atoms with Gasteiger partial charge < -0.3 is 44.5 Å². The molecular weight excluding hydrogens is 616 g/mol. The number of esters is 3. The Kier molecular flexibility index (Phi) is 22.7. The summed E-state index contributed by atoms with van der Waals surface area (Å²) in [4.78, 5) is 59.0. The third-order valence-electron chi connectivity index (χ3n) is 7.65. The number of unbranched alkanes of at least 4 members (excludes halogenated alkanes) is 12. The van der Waals surface area contributed by atoms with Crippen molar-refractivity contribution >= 4 is 29.7 Å². The van der Waals surface area contributed by atoms with Crippen LogP contribution in [0.25, 0.3) is 0 Å². The van der Waals surface area contributed by atoms with Gasteiger partial charge in [0.1, 0.15) is 18.8 Å². The quantitative estimate of drug-likeness (QED) is 0.0629. The van der Waals surface area contributed by atoms with Crippen LogP contribution in [-0.4, -0.2) is 103 Å². The van der Waals surface area contributed by atoms with E-state index in [1.54, 1.807) is 0 Å². The Hall–Kier alpha value is -2.81. The number of aliphatic hydroxyl groups excluding tert-OH is 2. The Morgan fingerprint density at radius 3 is 1.72 bits per heavy atom. The van der Waals surface area contributed by atoms with Crippen molar-refractivity contribution in [3.8, 4) is 0 Å². The van der Waals surface area contributed by atoms with E-state index >= 15 is 0 Å². The van der Waals surface area contributed by atoms with Crippen molar-refractivity contribution in [2.75, 3.05) is 26.4 Å². The van der Waals surface area contributed by atoms with Crippen molar-refractivity contribution in [3.05, 3.63) is 0 Å². The number of hydrogen-bond donors (Lipinski definition) is 4. The second kappa shape index (κ2) is 25.2. The molecule has 1 rings (SSSR count). The Balaban J connectivity index is 2.32. The molecule has 0 aromatic heterocycles. The molecule has 14 nitrogen and oxygen atoms in total. The van der Waals surface area contributed by atoms with E-state index in [1.165, 1.54) is 53.4 Å². The first-order chi connectivity index (χ1) is 22.4. The highest BCUT2D eigenvalue weighted by atomic mass is 16.7. The van der Waals surface area contributed by atoms with Gasteiger partial charge in [-0.3, -0.25) is 24.0 Å². The zero-order valence-corrected chi connectivity index (χ0v) is 28.7. The second-order valence-corrected chi connectivity index (χ2v) is 12.1. The highest BCUT2D eigenvalue weighted by Gasteiger charge is 2.51. The van der Waals surface area contributed by atoms with Crippen LogP contribution in [0.15, 0.2) is 0 Å². The fourth-order valence-corrected chi connectivity index (χ4v) is 5.35. The molecule has 2 amide bonds. The first kappa shape index (κ1) is 42.2. The number of hydrogen-bond acceptors (Lipinski definition) is 12. The highest BCUT2D eigenvalue weighted by Crippen LogP contribution is 2.28. The summed E-state index contributed by atoms with van der Waals surface area (Å²) in [5, 5.41) is 23.3. The van der Waals surface area contributed by atoms with Crippen LogP contribution < -0.4 is 10.6 Å². The topological polar surface area (TPSA) is 196 Å². The molecule has 1 aliphatic heterocycles. The molecular formula is C33H58N2O12. The van der Waals surface area contributed by atoms with E-state index in [9.17, 15) is 29.1 Å². The zero-order valence-electron chi connectivity index (χ0n) is 28.7. The van der Waals surface area contributed by atoms with Crippen LogP contribution in [0.5, 0.6) is 0 Å². The van der Waals surface area contributed by atoms with Gasteiger partial charge in [-0.2, -0.15) is 0 Å². The maximum atomic E-state index is 12.0. The normalized spacial score (nSPS) is 21.4. The van der Waals surface area contributed by atoms with E-state index in [4.69, 9.17) is 28.8 Å². The number of amides is 2. The number of ether oxygens (including phenoxy) is 5. The summed E-state index contributed by atoms with van der Waals surface area (Å²) < 4.78 is 28.0. The van der Waals surface area contributed by atoms with Crippen LogP contribution in [0.4, 0.5) is 0 Å². The molecule has 0 bridgehead atoms.